The minimum atomic E-state index is -0.472. The first-order chi connectivity index (χ1) is 11.6. The van der Waals surface area contributed by atoms with Crippen LogP contribution in [-0.2, 0) is 9.53 Å². The van der Waals surface area contributed by atoms with Crippen LogP contribution in [0, 0.1) is 11.3 Å². The van der Waals surface area contributed by atoms with Crippen LogP contribution in [0.2, 0.25) is 5.02 Å². The van der Waals surface area contributed by atoms with Crippen molar-refractivity contribution in [1.82, 2.24) is 10.2 Å². The third-order valence-corrected chi connectivity index (χ3v) is 3.75. The molecule has 1 aromatic carbocycles. The molecular formula is C16H19ClN4O3. The fraction of sp³-hybridized carbons (Fsp3) is 0.375. The van der Waals surface area contributed by atoms with Crippen molar-refractivity contribution in [2.24, 2.45) is 0 Å². The number of halogens is 1. The molecule has 0 atom stereocenters. The minimum Gasteiger partial charge on any atom is -0.506 e. The predicted molar refractivity (Wildman–Crippen MR) is 90.7 cm³/mol. The smallest absolute Gasteiger partial charge is 0.263 e. The maximum Gasteiger partial charge on any atom is 0.263 e. The number of hydrogen-bond donors (Lipinski definition) is 3. The quantitative estimate of drug-likeness (QED) is 0.406. The van der Waals surface area contributed by atoms with Crippen LogP contribution in [0.1, 0.15) is 0 Å². The molecule has 0 saturated carbocycles. The van der Waals surface area contributed by atoms with E-state index in [1.807, 2.05) is 6.07 Å². The number of amides is 1. The Labute approximate surface area is 145 Å². The van der Waals surface area contributed by atoms with Crippen molar-refractivity contribution < 1.29 is 14.6 Å². The highest BCUT2D eigenvalue weighted by Crippen LogP contribution is 2.26. The molecule has 24 heavy (non-hydrogen) atoms. The number of nitriles is 1. The molecule has 2 rings (SSSR count). The van der Waals surface area contributed by atoms with E-state index >= 15 is 0 Å². The molecule has 7 nitrogen and oxygen atoms in total. The average molecular weight is 351 g/mol. The molecule has 0 spiro atoms. The van der Waals surface area contributed by atoms with Crippen molar-refractivity contribution in [3.63, 3.8) is 0 Å². The Morgan fingerprint density at radius 1 is 1.46 bits per heavy atom. The molecule has 1 amide bonds. The van der Waals surface area contributed by atoms with E-state index in [1.54, 1.807) is 0 Å². The molecule has 128 valence electrons. The van der Waals surface area contributed by atoms with Gasteiger partial charge in [0.1, 0.15) is 17.4 Å². The second-order valence-corrected chi connectivity index (χ2v) is 5.62. The Morgan fingerprint density at radius 2 is 2.21 bits per heavy atom. The van der Waals surface area contributed by atoms with Gasteiger partial charge in [0, 0.05) is 37.4 Å². The van der Waals surface area contributed by atoms with Crippen LogP contribution < -0.4 is 10.6 Å². The van der Waals surface area contributed by atoms with Gasteiger partial charge in [-0.1, -0.05) is 11.6 Å². The Kier molecular flexibility index (Phi) is 6.88. The highest BCUT2D eigenvalue weighted by Gasteiger charge is 2.12. The molecule has 0 radical (unpaired) electrons. The first kappa shape index (κ1) is 18.1. The number of hydrogen-bond acceptors (Lipinski definition) is 6. The summed E-state index contributed by atoms with van der Waals surface area (Å²) in [5.74, 6) is -0.500. The van der Waals surface area contributed by atoms with E-state index < -0.39 is 5.91 Å². The molecule has 1 aliphatic rings. The van der Waals surface area contributed by atoms with Crippen molar-refractivity contribution in [1.29, 1.82) is 5.26 Å². The molecule has 8 heteroatoms. The molecule has 1 heterocycles. The van der Waals surface area contributed by atoms with E-state index in [1.165, 1.54) is 24.4 Å². The van der Waals surface area contributed by atoms with Crippen molar-refractivity contribution in [3.8, 4) is 11.8 Å². The van der Waals surface area contributed by atoms with E-state index in [2.05, 4.69) is 15.5 Å². The van der Waals surface area contributed by atoms with Gasteiger partial charge in [-0.3, -0.25) is 9.69 Å². The van der Waals surface area contributed by atoms with Crippen molar-refractivity contribution in [2.75, 3.05) is 44.7 Å². The predicted octanol–water partition coefficient (Wildman–Crippen LogP) is 1.31. The first-order valence-corrected chi connectivity index (χ1v) is 7.91. The number of phenolic OH excluding ortho intramolecular Hbond substituents is 1. The number of nitrogens with one attached hydrogen (secondary N) is 2. The second-order valence-electron chi connectivity index (χ2n) is 5.19. The maximum absolute atomic E-state index is 12.0. The summed E-state index contributed by atoms with van der Waals surface area (Å²) in [7, 11) is 0. The zero-order chi connectivity index (χ0) is 17.4. The van der Waals surface area contributed by atoms with Gasteiger partial charge < -0.3 is 20.5 Å². The number of carbonyl (C=O) groups excluding carboxylic acids is 1. The van der Waals surface area contributed by atoms with Crippen LogP contribution in [0.5, 0.6) is 5.75 Å². The summed E-state index contributed by atoms with van der Waals surface area (Å²) in [4.78, 5) is 14.2. The molecule has 1 aromatic rings. The van der Waals surface area contributed by atoms with Crippen LogP contribution in [0.4, 0.5) is 5.69 Å². The lowest BCUT2D eigenvalue weighted by Gasteiger charge is -2.26. The Morgan fingerprint density at radius 3 is 2.92 bits per heavy atom. The SMILES string of the molecule is N#C/C(=C/Nc1cc(Cl)ccc1O)C(=O)NCCN1CCOCC1. The summed E-state index contributed by atoms with van der Waals surface area (Å²) in [6.07, 6.45) is 1.25. The fourth-order valence-corrected chi connectivity index (χ4v) is 2.34. The molecule has 0 aromatic heterocycles. The molecule has 1 fully saturated rings. The van der Waals surface area contributed by atoms with Crippen molar-refractivity contribution in [3.05, 3.63) is 35.0 Å². The van der Waals surface area contributed by atoms with Gasteiger partial charge in [0.15, 0.2) is 0 Å². The van der Waals surface area contributed by atoms with Gasteiger partial charge in [0.2, 0.25) is 0 Å². The zero-order valence-electron chi connectivity index (χ0n) is 13.1. The minimum absolute atomic E-state index is 0.0272. The molecule has 0 bridgehead atoms. The third kappa shape index (κ3) is 5.42. The first-order valence-electron chi connectivity index (χ1n) is 7.54. The van der Waals surface area contributed by atoms with Crippen molar-refractivity contribution in [2.45, 2.75) is 0 Å². The summed E-state index contributed by atoms with van der Waals surface area (Å²) in [5.41, 5.74) is 0.229. The lowest BCUT2D eigenvalue weighted by molar-refractivity contribution is -0.117. The van der Waals surface area contributed by atoms with Crippen LogP contribution in [0.3, 0.4) is 0 Å². The molecule has 3 N–H and O–H groups in total. The summed E-state index contributed by atoms with van der Waals surface area (Å²) in [6.45, 7) is 4.23. The monoisotopic (exact) mass is 350 g/mol. The largest absolute Gasteiger partial charge is 0.506 e. The normalized spacial score (nSPS) is 15.6. The number of rotatable bonds is 6. The molecule has 1 saturated heterocycles. The second kappa shape index (κ2) is 9.13. The van der Waals surface area contributed by atoms with Gasteiger partial charge in [0.25, 0.3) is 5.91 Å². The van der Waals surface area contributed by atoms with Crippen LogP contribution >= 0.6 is 11.6 Å². The van der Waals surface area contributed by atoms with Crippen LogP contribution in [0.15, 0.2) is 30.0 Å². The summed E-state index contributed by atoms with van der Waals surface area (Å²) >= 11 is 5.84. The van der Waals surface area contributed by atoms with Gasteiger partial charge in [-0.25, -0.2) is 0 Å². The Balaban J connectivity index is 1.86. The number of anilines is 1. The summed E-state index contributed by atoms with van der Waals surface area (Å²) < 4.78 is 5.26. The standard InChI is InChI=1S/C16H19ClN4O3/c17-13-1-2-15(22)14(9-13)20-11-12(10-18)16(23)19-3-4-21-5-7-24-8-6-21/h1-2,9,11,20,22H,3-8H2,(H,19,23)/b12-11-. The number of nitrogens with zero attached hydrogens (tertiary/aromatic N) is 2. The number of morpholine rings is 1. The number of ether oxygens (including phenoxy) is 1. The molecule has 1 aliphatic heterocycles. The van der Waals surface area contributed by atoms with Gasteiger partial charge in [-0.2, -0.15) is 5.26 Å². The van der Waals surface area contributed by atoms with E-state index in [-0.39, 0.29) is 11.3 Å². The zero-order valence-corrected chi connectivity index (χ0v) is 13.8. The van der Waals surface area contributed by atoms with Gasteiger partial charge in [-0.05, 0) is 18.2 Å². The van der Waals surface area contributed by atoms with Gasteiger partial charge in [0.05, 0.1) is 18.9 Å². The average Bonchev–Trinajstić information content (AvgIpc) is 2.59. The topological polar surface area (TPSA) is 97.6 Å². The van der Waals surface area contributed by atoms with Crippen LogP contribution in [0.25, 0.3) is 0 Å². The maximum atomic E-state index is 12.0. The van der Waals surface area contributed by atoms with Gasteiger partial charge >= 0.3 is 0 Å². The molecule has 0 unspecified atom stereocenters. The number of benzene rings is 1. The number of aromatic hydroxyl groups is 1. The van der Waals surface area contributed by atoms with E-state index in [0.29, 0.717) is 37.0 Å². The third-order valence-electron chi connectivity index (χ3n) is 3.51. The molecular weight excluding hydrogens is 332 g/mol. The fourth-order valence-electron chi connectivity index (χ4n) is 2.17. The Hall–Kier alpha value is -2.27. The van der Waals surface area contributed by atoms with E-state index in [9.17, 15) is 9.90 Å². The molecule has 0 aliphatic carbocycles. The number of phenols is 1. The van der Waals surface area contributed by atoms with Crippen molar-refractivity contribution >= 4 is 23.2 Å². The highest BCUT2D eigenvalue weighted by atomic mass is 35.5. The lowest BCUT2D eigenvalue weighted by Crippen LogP contribution is -2.41. The van der Waals surface area contributed by atoms with Crippen LogP contribution in [-0.4, -0.2) is 55.3 Å². The number of carbonyl (C=O) groups is 1. The lowest BCUT2D eigenvalue weighted by atomic mass is 10.2. The van der Waals surface area contributed by atoms with E-state index in [0.717, 1.165) is 13.1 Å². The summed E-state index contributed by atoms with van der Waals surface area (Å²) in [5, 5.41) is 24.7. The summed E-state index contributed by atoms with van der Waals surface area (Å²) in [6, 6.07) is 6.29. The Bertz CT molecular complexity index is 651. The highest BCUT2D eigenvalue weighted by molar-refractivity contribution is 6.30. The van der Waals surface area contributed by atoms with E-state index in [4.69, 9.17) is 21.6 Å². The van der Waals surface area contributed by atoms with Gasteiger partial charge in [-0.15, -0.1) is 0 Å².